The van der Waals surface area contributed by atoms with Crippen LogP contribution in [0.3, 0.4) is 0 Å². The van der Waals surface area contributed by atoms with Gasteiger partial charge < -0.3 is 10.1 Å². The first-order chi connectivity index (χ1) is 12.2. The van der Waals surface area contributed by atoms with Gasteiger partial charge >= 0.3 is 0 Å². The standard InChI is InChI=1S/C20H21N3O2/c1-3-25-19-10-9-17(11-15(19)2)20(24)22-18-12-21-23(14-18)13-16-7-5-4-6-8-16/h4-12,14H,3,13H2,1-2H3,(H,22,24). The van der Waals surface area contributed by atoms with Gasteiger partial charge in [0.15, 0.2) is 0 Å². The lowest BCUT2D eigenvalue weighted by molar-refractivity contribution is 0.102. The number of amides is 1. The lowest BCUT2D eigenvalue weighted by atomic mass is 10.1. The van der Waals surface area contributed by atoms with Crippen LogP contribution >= 0.6 is 0 Å². The molecule has 0 radical (unpaired) electrons. The maximum Gasteiger partial charge on any atom is 0.255 e. The Balaban J connectivity index is 1.66. The number of aromatic nitrogens is 2. The Hall–Kier alpha value is -3.08. The molecule has 0 spiro atoms. The van der Waals surface area contributed by atoms with Crippen molar-refractivity contribution in [1.82, 2.24) is 9.78 Å². The molecule has 3 aromatic rings. The molecule has 0 bridgehead atoms. The summed E-state index contributed by atoms with van der Waals surface area (Å²) < 4.78 is 7.30. The van der Waals surface area contributed by atoms with Crippen LogP contribution in [0.15, 0.2) is 60.9 Å². The molecule has 25 heavy (non-hydrogen) atoms. The third-order valence-corrected chi connectivity index (χ3v) is 3.82. The minimum absolute atomic E-state index is 0.162. The topological polar surface area (TPSA) is 56.1 Å². The lowest BCUT2D eigenvalue weighted by Gasteiger charge is -2.09. The number of nitrogens with zero attached hydrogens (tertiary/aromatic N) is 2. The van der Waals surface area contributed by atoms with E-state index in [-0.39, 0.29) is 5.91 Å². The van der Waals surface area contributed by atoms with Crippen molar-refractivity contribution < 1.29 is 9.53 Å². The number of ether oxygens (including phenoxy) is 1. The van der Waals surface area contributed by atoms with Crippen molar-refractivity contribution in [1.29, 1.82) is 0 Å². The van der Waals surface area contributed by atoms with E-state index in [0.29, 0.717) is 24.4 Å². The Bertz CT molecular complexity index is 856. The maximum atomic E-state index is 12.4. The van der Waals surface area contributed by atoms with E-state index in [9.17, 15) is 4.79 Å². The fourth-order valence-electron chi connectivity index (χ4n) is 2.60. The first-order valence-electron chi connectivity index (χ1n) is 8.27. The summed E-state index contributed by atoms with van der Waals surface area (Å²) in [5.74, 6) is 0.639. The Morgan fingerprint density at radius 1 is 1.20 bits per heavy atom. The van der Waals surface area contributed by atoms with Crippen LogP contribution in [0, 0.1) is 6.92 Å². The minimum atomic E-state index is -0.162. The van der Waals surface area contributed by atoms with Crippen molar-refractivity contribution in [3.05, 3.63) is 77.6 Å². The fourth-order valence-corrected chi connectivity index (χ4v) is 2.60. The third-order valence-electron chi connectivity index (χ3n) is 3.82. The summed E-state index contributed by atoms with van der Waals surface area (Å²) in [7, 11) is 0. The van der Waals surface area contributed by atoms with Crippen molar-refractivity contribution >= 4 is 11.6 Å². The smallest absolute Gasteiger partial charge is 0.255 e. The Morgan fingerprint density at radius 3 is 2.72 bits per heavy atom. The van der Waals surface area contributed by atoms with Crippen molar-refractivity contribution in [2.75, 3.05) is 11.9 Å². The number of hydrogen-bond acceptors (Lipinski definition) is 3. The molecule has 0 saturated carbocycles. The van der Waals surface area contributed by atoms with Gasteiger partial charge in [0.1, 0.15) is 5.75 Å². The Morgan fingerprint density at radius 2 is 2.00 bits per heavy atom. The molecule has 0 fully saturated rings. The van der Waals surface area contributed by atoms with Crippen LogP contribution in [0.25, 0.3) is 0 Å². The van der Waals surface area contributed by atoms with Gasteiger partial charge in [-0.3, -0.25) is 9.48 Å². The number of nitrogens with one attached hydrogen (secondary N) is 1. The van der Waals surface area contributed by atoms with Crippen LogP contribution in [-0.2, 0) is 6.54 Å². The molecule has 2 aromatic carbocycles. The number of benzene rings is 2. The van der Waals surface area contributed by atoms with E-state index < -0.39 is 0 Å². The summed E-state index contributed by atoms with van der Waals surface area (Å²) in [4.78, 5) is 12.4. The van der Waals surface area contributed by atoms with E-state index in [1.54, 1.807) is 16.9 Å². The molecule has 1 N–H and O–H groups in total. The second kappa shape index (κ2) is 7.66. The highest BCUT2D eigenvalue weighted by atomic mass is 16.5. The number of carbonyl (C=O) groups excluding carboxylic acids is 1. The zero-order valence-electron chi connectivity index (χ0n) is 14.4. The molecule has 128 valence electrons. The van der Waals surface area contributed by atoms with Gasteiger partial charge in [0.05, 0.1) is 25.0 Å². The van der Waals surface area contributed by atoms with Gasteiger partial charge in [0, 0.05) is 11.8 Å². The van der Waals surface area contributed by atoms with Crippen molar-refractivity contribution in [2.24, 2.45) is 0 Å². The second-order valence-electron chi connectivity index (χ2n) is 5.78. The summed E-state index contributed by atoms with van der Waals surface area (Å²) in [5, 5.41) is 7.18. The van der Waals surface area contributed by atoms with E-state index in [4.69, 9.17) is 4.74 Å². The van der Waals surface area contributed by atoms with Crippen LogP contribution in [0.5, 0.6) is 5.75 Å². The van der Waals surface area contributed by atoms with Gasteiger partial charge in [-0.25, -0.2) is 0 Å². The van der Waals surface area contributed by atoms with Crippen molar-refractivity contribution in [3.8, 4) is 5.75 Å². The zero-order chi connectivity index (χ0) is 17.6. The Kier molecular flexibility index (Phi) is 5.14. The largest absolute Gasteiger partial charge is 0.494 e. The quantitative estimate of drug-likeness (QED) is 0.743. The molecular weight excluding hydrogens is 314 g/mol. The number of rotatable bonds is 6. The first-order valence-corrected chi connectivity index (χ1v) is 8.27. The molecule has 1 amide bonds. The van der Waals surface area contributed by atoms with Crippen LogP contribution in [0.4, 0.5) is 5.69 Å². The summed E-state index contributed by atoms with van der Waals surface area (Å²) in [5.41, 5.74) is 3.36. The Labute approximate surface area is 147 Å². The predicted molar refractivity (Wildman–Crippen MR) is 98.1 cm³/mol. The van der Waals surface area contributed by atoms with E-state index in [1.807, 2.05) is 62.5 Å². The summed E-state index contributed by atoms with van der Waals surface area (Å²) >= 11 is 0. The van der Waals surface area contributed by atoms with Crippen molar-refractivity contribution in [3.63, 3.8) is 0 Å². The van der Waals surface area contributed by atoms with Gasteiger partial charge in [-0.15, -0.1) is 0 Å². The highest BCUT2D eigenvalue weighted by molar-refractivity contribution is 6.04. The third kappa shape index (κ3) is 4.26. The fraction of sp³-hybridized carbons (Fsp3) is 0.200. The summed E-state index contributed by atoms with van der Waals surface area (Å²) in [6.07, 6.45) is 3.48. The molecule has 3 rings (SSSR count). The van der Waals surface area contributed by atoms with E-state index >= 15 is 0 Å². The van der Waals surface area contributed by atoms with Crippen LogP contribution in [0.1, 0.15) is 28.4 Å². The molecule has 5 heteroatoms. The van der Waals surface area contributed by atoms with E-state index in [0.717, 1.165) is 16.9 Å². The van der Waals surface area contributed by atoms with E-state index in [2.05, 4.69) is 10.4 Å². The SMILES string of the molecule is CCOc1ccc(C(=O)Nc2cnn(Cc3ccccc3)c2)cc1C. The first kappa shape index (κ1) is 16.8. The molecule has 0 aliphatic rings. The molecular formula is C20H21N3O2. The van der Waals surface area contributed by atoms with Crippen LogP contribution in [0.2, 0.25) is 0 Å². The highest BCUT2D eigenvalue weighted by Crippen LogP contribution is 2.20. The summed E-state index contributed by atoms with van der Waals surface area (Å²) in [6.45, 7) is 5.14. The molecule has 1 aromatic heterocycles. The molecule has 0 atom stereocenters. The number of carbonyl (C=O) groups is 1. The number of anilines is 1. The number of aryl methyl sites for hydroxylation is 1. The molecule has 1 heterocycles. The predicted octanol–water partition coefficient (Wildman–Crippen LogP) is 3.89. The summed E-state index contributed by atoms with van der Waals surface area (Å²) in [6, 6.07) is 15.5. The monoisotopic (exact) mass is 335 g/mol. The van der Waals surface area contributed by atoms with Gasteiger partial charge in [0.25, 0.3) is 5.91 Å². The normalized spacial score (nSPS) is 10.5. The molecule has 0 aliphatic carbocycles. The van der Waals surface area contributed by atoms with Crippen molar-refractivity contribution in [2.45, 2.75) is 20.4 Å². The molecule has 0 aliphatic heterocycles. The maximum absolute atomic E-state index is 12.4. The van der Waals surface area contributed by atoms with Crippen LogP contribution < -0.4 is 10.1 Å². The second-order valence-corrected chi connectivity index (χ2v) is 5.78. The average molecular weight is 335 g/mol. The van der Waals surface area contributed by atoms with Crippen LogP contribution in [-0.4, -0.2) is 22.3 Å². The minimum Gasteiger partial charge on any atom is -0.494 e. The van der Waals surface area contributed by atoms with Gasteiger partial charge in [-0.05, 0) is 43.2 Å². The number of hydrogen-bond donors (Lipinski definition) is 1. The van der Waals surface area contributed by atoms with Gasteiger partial charge in [-0.1, -0.05) is 30.3 Å². The lowest BCUT2D eigenvalue weighted by Crippen LogP contribution is -2.12. The molecule has 5 nitrogen and oxygen atoms in total. The molecule has 0 saturated heterocycles. The van der Waals surface area contributed by atoms with E-state index in [1.165, 1.54) is 0 Å². The highest BCUT2D eigenvalue weighted by Gasteiger charge is 2.10. The molecule has 0 unspecified atom stereocenters. The average Bonchev–Trinajstić information content (AvgIpc) is 3.04. The van der Waals surface area contributed by atoms with Gasteiger partial charge in [0.2, 0.25) is 0 Å². The zero-order valence-corrected chi connectivity index (χ0v) is 14.4. The van der Waals surface area contributed by atoms with Gasteiger partial charge in [-0.2, -0.15) is 5.10 Å².